The molecule has 0 aliphatic carbocycles. The Bertz CT molecular complexity index is 1070. The van der Waals surface area contributed by atoms with Gasteiger partial charge in [-0.1, -0.05) is 0 Å². The molecule has 0 radical (unpaired) electrons. The average molecular weight is 340 g/mol. The van der Waals surface area contributed by atoms with Gasteiger partial charge in [-0.3, -0.25) is 9.78 Å². The van der Waals surface area contributed by atoms with Crippen LogP contribution in [-0.2, 0) is 7.05 Å². The van der Waals surface area contributed by atoms with Gasteiger partial charge in [-0.15, -0.1) is 0 Å². The monoisotopic (exact) mass is 340 g/mol. The molecule has 3 heterocycles. The van der Waals surface area contributed by atoms with Gasteiger partial charge in [0.15, 0.2) is 17.3 Å². The third-order valence-electron chi connectivity index (χ3n) is 3.82. The summed E-state index contributed by atoms with van der Waals surface area (Å²) >= 11 is 0. The molecule has 0 saturated heterocycles. The number of nitriles is 1. The van der Waals surface area contributed by atoms with Crippen LogP contribution >= 0.6 is 0 Å². The normalized spacial score (nSPS) is 10.6. The Morgan fingerprint density at radius 2 is 2.16 bits per heavy atom. The van der Waals surface area contributed by atoms with Crippen molar-refractivity contribution in [1.82, 2.24) is 14.5 Å². The van der Waals surface area contributed by atoms with E-state index >= 15 is 0 Å². The highest BCUT2D eigenvalue weighted by molar-refractivity contribution is 6.10. The van der Waals surface area contributed by atoms with Gasteiger partial charge in [0.05, 0.1) is 24.6 Å². The van der Waals surface area contributed by atoms with Crippen LogP contribution in [0.15, 0.2) is 18.6 Å². The summed E-state index contributed by atoms with van der Waals surface area (Å²) in [6.45, 7) is 0. The number of nitrogens with zero attached hydrogens (tertiary/aromatic N) is 4. The molecular weight excluding hydrogens is 327 g/mol. The minimum Gasteiger partial charge on any atom is -0.493 e. The summed E-state index contributed by atoms with van der Waals surface area (Å²) < 4.78 is 20.8. The van der Waals surface area contributed by atoms with Gasteiger partial charge in [-0.05, 0) is 0 Å². The first-order chi connectivity index (χ1) is 11.9. The number of nitrogens with two attached hydrogens (primary N) is 2. The predicted molar refractivity (Wildman–Crippen MR) is 88.1 cm³/mol. The molecule has 0 aromatic carbocycles. The zero-order valence-electron chi connectivity index (χ0n) is 13.4. The Morgan fingerprint density at radius 3 is 2.76 bits per heavy atom. The number of ether oxygens (including phenoxy) is 1. The average Bonchev–Trinajstić information content (AvgIpc) is 2.89. The number of fused-ring (bicyclic) bond motifs is 1. The molecule has 4 N–H and O–H groups in total. The number of hydrogen-bond acceptors (Lipinski definition) is 6. The minimum absolute atomic E-state index is 0.0756. The first-order valence-electron chi connectivity index (χ1n) is 7.07. The lowest BCUT2D eigenvalue weighted by Gasteiger charge is -2.14. The van der Waals surface area contributed by atoms with E-state index in [2.05, 4.69) is 9.97 Å². The number of pyridine rings is 2. The summed E-state index contributed by atoms with van der Waals surface area (Å²) in [6, 6.07) is 2.04. The Labute approximate surface area is 141 Å². The van der Waals surface area contributed by atoms with Gasteiger partial charge in [0, 0.05) is 36.0 Å². The fourth-order valence-corrected chi connectivity index (χ4v) is 2.78. The van der Waals surface area contributed by atoms with Crippen molar-refractivity contribution in [2.75, 3.05) is 12.8 Å². The molecular formula is C16H13FN6O2. The molecule has 0 spiro atoms. The molecule has 0 fully saturated rings. The summed E-state index contributed by atoms with van der Waals surface area (Å²) in [5, 5.41) is 9.79. The molecule has 3 rings (SSSR count). The molecule has 0 saturated carbocycles. The van der Waals surface area contributed by atoms with Crippen LogP contribution in [0.3, 0.4) is 0 Å². The third kappa shape index (κ3) is 2.31. The van der Waals surface area contributed by atoms with E-state index in [1.165, 1.54) is 19.5 Å². The number of hydrogen-bond donors (Lipinski definition) is 2. The molecule has 0 bridgehead atoms. The fourth-order valence-electron chi connectivity index (χ4n) is 2.78. The lowest BCUT2D eigenvalue weighted by atomic mass is 9.98. The maximum Gasteiger partial charge on any atom is 0.269 e. The number of carbonyl (C=O) groups excluding carboxylic acids is 1. The molecule has 1 amide bonds. The first kappa shape index (κ1) is 16.2. The molecule has 9 heteroatoms. The number of anilines is 1. The molecule has 25 heavy (non-hydrogen) atoms. The summed E-state index contributed by atoms with van der Waals surface area (Å²) in [6.07, 6.45) is 3.86. The molecule has 8 nitrogen and oxygen atoms in total. The molecule has 0 atom stereocenters. The van der Waals surface area contributed by atoms with Crippen molar-refractivity contribution in [2.45, 2.75) is 0 Å². The number of carbonyl (C=O) groups is 1. The summed E-state index contributed by atoms with van der Waals surface area (Å²) in [5.41, 5.74) is 12.2. The Morgan fingerprint density at radius 1 is 1.44 bits per heavy atom. The van der Waals surface area contributed by atoms with Crippen molar-refractivity contribution < 1.29 is 13.9 Å². The predicted octanol–water partition coefficient (Wildman–Crippen LogP) is 1.34. The summed E-state index contributed by atoms with van der Waals surface area (Å²) in [5.74, 6) is -1.67. The maximum absolute atomic E-state index is 14.1. The van der Waals surface area contributed by atoms with Crippen molar-refractivity contribution >= 4 is 22.6 Å². The van der Waals surface area contributed by atoms with Crippen LogP contribution in [-0.4, -0.2) is 27.6 Å². The van der Waals surface area contributed by atoms with Crippen molar-refractivity contribution in [1.29, 1.82) is 5.26 Å². The van der Waals surface area contributed by atoms with Crippen LogP contribution in [0.5, 0.6) is 5.75 Å². The number of aryl methyl sites for hydroxylation is 1. The van der Waals surface area contributed by atoms with E-state index in [4.69, 9.17) is 16.2 Å². The van der Waals surface area contributed by atoms with Crippen LogP contribution in [0.1, 0.15) is 16.1 Å². The number of primary amides is 1. The quantitative estimate of drug-likeness (QED) is 0.739. The Balaban J connectivity index is 2.58. The lowest BCUT2D eigenvalue weighted by Crippen LogP contribution is -2.17. The number of methoxy groups -OCH3 is 1. The van der Waals surface area contributed by atoms with Crippen molar-refractivity contribution in [3.63, 3.8) is 0 Å². The van der Waals surface area contributed by atoms with E-state index in [0.29, 0.717) is 11.0 Å². The largest absolute Gasteiger partial charge is 0.493 e. The van der Waals surface area contributed by atoms with Gasteiger partial charge in [0.25, 0.3) is 5.91 Å². The highest BCUT2D eigenvalue weighted by Gasteiger charge is 2.25. The standard InChI is InChI=1S/C16H13FN6O2/c1-23-6-7(3-18)10-11(8-4-21-5-9(17)14(8)25-2)12(19)13(15(20)24)22-16(10)23/h4-6H,19H2,1-2H3,(H2,20,24). The highest BCUT2D eigenvalue weighted by Crippen LogP contribution is 2.41. The van der Waals surface area contributed by atoms with Crippen LogP contribution < -0.4 is 16.2 Å². The molecule has 0 unspecified atom stereocenters. The number of halogens is 1. The van der Waals surface area contributed by atoms with Gasteiger partial charge in [-0.25, -0.2) is 9.37 Å². The second-order valence-corrected chi connectivity index (χ2v) is 5.28. The molecule has 3 aromatic rings. The highest BCUT2D eigenvalue weighted by atomic mass is 19.1. The van der Waals surface area contributed by atoms with Gasteiger partial charge < -0.3 is 20.8 Å². The SMILES string of the molecule is COc1c(F)cncc1-c1c(N)c(C(N)=O)nc2c1c(C#N)cn2C. The topological polar surface area (TPSA) is 133 Å². The second kappa shape index (κ2) is 5.76. The van der Waals surface area contributed by atoms with Gasteiger partial charge in [0.1, 0.15) is 11.7 Å². The number of nitrogen functional groups attached to an aromatic ring is 1. The van der Waals surface area contributed by atoms with Gasteiger partial charge in [-0.2, -0.15) is 5.26 Å². The minimum atomic E-state index is -0.844. The van der Waals surface area contributed by atoms with Gasteiger partial charge in [0.2, 0.25) is 0 Å². The lowest BCUT2D eigenvalue weighted by molar-refractivity contribution is 0.0997. The molecule has 3 aromatic heterocycles. The van der Waals surface area contributed by atoms with E-state index in [1.54, 1.807) is 11.6 Å². The van der Waals surface area contributed by atoms with E-state index in [0.717, 1.165) is 6.20 Å². The fraction of sp³-hybridized carbons (Fsp3) is 0.125. The Hall–Kier alpha value is -3.67. The third-order valence-corrected chi connectivity index (χ3v) is 3.82. The Kier molecular flexibility index (Phi) is 3.73. The van der Waals surface area contributed by atoms with E-state index in [9.17, 15) is 14.4 Å². The zero-order chi connectivity index (χ0) is 18.3. The summed E-state index contributed by atoms with van der Waals surface area (Å²) in [7, 11) is 2.95. The van der Waals surface area contributed by atoms with Crippen molar-refractivity contribution in [2.24, 2.45) is 12.8 Å². The molecule has 0 aliphatic rings. The maximum atomic E-state index is 14.1. The number of aromatic nitrogens is 3. The van der Waals surface area contributed by atoms with E-state index < -0.39 is 11.7 Å². The number of amides is 1. The van der Waals surface area contributed by atoms with E-state index in [1.807, 2.05) is 6.07 Å². The first-order valence-corrected chi connectivity index (χ1v) is 7.07. The molecule has 0 aliphatic heterocycles. The van der Waals surface area contributed by atoms with Crippen LogP contribution in [0.25, 0.3) is 22.2 Å². The smallest absolute Gasteiger partial charge is 0.269 e. The second-order valence-electron chi connectivity index (χ2n) is 5.28. The van der Waals surface area contributed by atoms with Crippen LogP contribution in [0.4, 0.5) is 10.1 Å². The number of rotatable bonds is 3. The van der Waals surface area contributed by atoms with Crippen LogP contribution in [0.2, 0.25) is 0 Å². The van der Waals surface area contributed by atoms with Crippen LogP contribution in [0, 0.1) is 17.1 Å². The van der Waals surface area contributed by atoms with Gasteiger partial charge >= 0.3 is 0 Å². The summed E-state index contributed by atoms with van der Waals surface area (Å²) in [4.78, 5) is 19.7. The van der Waals surface area contributed by atoms with Crippen molar-refractivity contribution in [3.05, 3.63) is 35.7 Å². The van der Waals surface area contributed by atoms with E-state index in [-0.39, 0.29) is 33.8 Å². The molecule has 126 valence electrons. The van der Waals surface area contributed by atoms with Crippen molar-refractivity contribution in [3.8, 4) is 22.9 Å². The zero-order valence-corrected chi connectivity index (χ0v) is 13.4.